The van der Waals surface area contributed by atoms with Crippen molar-refractivity contribution in [3.8, 4) is 5.75 Å². The summed E-state index contributed by atoms with van der Waals surface area (Å²) in [5.74, 6) is -6.55. The van der Waals surface area contributed by atoms with Crippen LogP contribution in [0.4, 0.5) is 0 Å². The fourth-order valence-electron chi connectivity index (χ4n) is 6.68. The van der Waals surface area contributed by atoms with Crippen LogP contribution in [-0.2, 0) is 24.0 Å². The van der Waals surface area contributed by atoms with Gasteiger partial charge in [0.15, 0.2) is 9.75 Å². The number of allylic oxidation sites excluding steroid dienone is 2. The third kappa shape index (κ3) is 3.32. The SMILES string of the molecule is Cc1cccc(C2C3=CCC4C(=O)N(CCCC(=O)O)C(=O)C4C3CC3(Cl)C(=O)N(C)C(=O)C23Cl)c1O. The molecule has 6 atom stereocenters. The first-order valence-electron chi connectivity index (χ1n) is 12.1. The van der Waals surface area contributed by atoms with Crippen molar-refractivity contribution in [3.63, 3.8) is 0 Å². The van der Waals surface area contributed by atoms with Crippen LogP contribution >= 0.6 is 23.2 Å². The molecule has 4 amide bonds. The number of carboxylic acids is 1. The standard InChI is InChI=1S/C26H26Cl2N2O7/c1-12-5-3-6-15(20(12)33)19-13-8-9-14-18(22(35)30(21(14)34)10-4-7-17(31)32)16(13)11-25(27)23(36)29(2)24(37)26(19,25)28/h3,5-6,8,14,16,18-19,33H,4,7,9-11H2,1-2H3,(H,31,32). The number of phenolic OH excluding ortho intramolecular Hbond substituents is 1. The van der Waals surface area contributed by atoms with Gasteiger partial charge in [-0.2, -0.15) is 0 Å². The van der Waals surface area contributed by atoms with E-state index in [4.69, 9.17) is 28.3 Å². The topological polar surface area (TPSA) is 132 Å². The van der Waals surface area contributed by atoms with Crippen molar-refractivity contribution in [1.82, 2.24) is 9.80 Å². The molecule has 1 aromatic carbocycles. The minimum Gasteiger partial charge on any atom is -0.507 e. The van der Waals surface area contributed by atoms with Crippen LogP contribution in [0.15, 0.2) is 29.8 Å². The number of likely N-dealkylation sites (tertiary alicyclic amines) is 2. The van der Waals surface area contributed by atoms with E-state index in [1.54, 1.807) is 31.2 Å². The van der Waals surface area contributed by atoms with Crippen LogP contribution < -0.4 is 0 Å². The molecule has 2 aliphatic carbocycles. The molecule has 37 heavy (non-hydrogen) atoms. The van der Waals surface area contributed by atoms with Crippen molar-refractivity contribution in [2.75, 3.05) is 13.6 Å². The second-order valence-electron chi connectivity index (χ2n) is 10.3. The molecule has 2 saturated heterocycles. The Morgan fingerprint density at radius 2 is 1.81 bits per heavy atom. The molecule has 2 aliphatic heterocycles. The number of aliphatic carboxylic acids is 1. The Balaban J connectivity index is 1.64. The number of nitrogens with zero attached hydrogens (tertiary/aromatic N) is 2. The predicted molar refractivity (Wildman–Crippen MR) is 132 cm³/mol. The molecule has 6 unspecified atom stereocenters. The average molecular weight is 549 g/mol. The molecule has 0 aromatic heterocycles. The Labute approximate surface area is 223 Å². The lowest BCUT2D eigenvalue weighted by Crippen LogP contribution is -2.60. The lowest BCUT2D eigenvalue weighted by atomic mass is 9.56. The maximum absolute atomic E-state index is 13.6. The number of hydrogen-bond donors (Lipinski definition) is 2. The number of phenols is 1. The van der Waals surface area contributed by atoms with Crippen molar-refractivity contribution in [1.29, 1.82) is 0 Å². The van der Waals surface area contributed by atoms with Gasteiger partial charge in [-0.25, -0.2) is 0 Å². The van der Waals surface area contributed by atoms with Crippen molar-refractivity contribution < 1.29 is 34.2 Å². The smallest absolute Gasteiger partial charge is 0.303 e. The van der Waals surface area contributed by atoms with E-state index in [0.717, 1.165) is 9.80 Å². The summed E-state index contributed by atoms with van der Waals surface area (Å²) >= 11 is 14.1. The van der Waals surface area contributed by atoms with E-state index in [9.17, 15) is 29.1 Å². The molecular formula is C26H26Cl2N2O7. The minimum atomic E-state index is -1.95. The number of aromatic hydroxyl groups is 1. The molecule has 4 aliphatic rings. The molecule has 0 bridgehead atoms. The number of imide groups is 2. The Morgan fingerprint density at radius 1 is 1.11 bits per heavy atom. The van der Waals surface area contributed by atoms with Crippen LogP contribution in [0, 0.1) is 24.7 Å². The number of benzene rings is 1. The number of amides is 4. The van der Waals surface area contributed by atoms with Crippen molar-refractivity contribution >= 4 is 52.8 Å². The Hall–Kier alpha value is -2.91. The van der Waals surface area contributed by atoms with Gasteiger partial charge in [0.2, 0.25) is 11.8 Å². The Kier molecular flexibility index (Phi) is 5.95. The number of rotatable bonds is 5. The Morgan fingerprint density at radius 3 is 2.49 bits per heavy atom. The highest BCUT2D eigenvalue weighted by atomic mass is 35.5. The predicted octanol–water partition coefficient (Wildman–Crippen LogP) is 2.55. The molecule has 0 spiro atoms. The summed E-state index contributed by atoms with van der Waals surface area (Å²) in [5, 5.41) is 20.0. The van der Waals surface area contributed by atoms with Crippen LogP contribution in [0.5, 0.6) is 5.75 Å². The maximum atomic E-state index is 13.6. The first-order valence-corrected chi connectivity index (χ1v) is 12.9. The number of alkyl halides is 2. The Bertz CT molecular complexity index is 1300. The van der Waals surface area contributed by atoms with Crippen LogP contribution in [-0.4, -0.2) is 73.0 Å². The van der Waals surface area contributed by atoms with Gasteiger partial charge >= 0.3 is 5.97 Å². The first-order chi connectivity index (χ1) is 17.4. The maximum Gasteiger partial charge on any atom is 0.303 e. The van der Waals surface area contributed by atoms with Gasteiger partial charge in [0, 0.05) is 31.5 Å². The summed E-state index contributed by atoms with van der Waals surface area (Å²) in [5.41, 5.74) is 1.45. The number of aryl methyl sites for hydroxylation is 1. The van der Waals surface area contributed by atoms with Gasteiger partial charge in [-0.3, -0.25) is 33.8 Å². The van der Waals surface area contributed by atoms with E-state index >= 15 is 0 Å². The molecule has 3 fully saturated rings. The lowest BCUT2D eigenvalue weighted by Gasteiger charge is -2.50. The average Bonchev–Trinajstić information content (AvgIpc) is 3.16. The molecule has 196 valence electrons. The molecule has 1 aromatic rings. The number of hydrogen-bond acceptors (Lipinski definition) is 6. The highest BCUT2D eigenvalue weighted by Crippen LogP contribution is 2.66. The van der Waals surface area contributed by atoms with E-state index < -0.39 is 57.1 Å². The number of carbonyl (C=O) groups excluding carboxylic acids is 4. The second kappa shape index (κ2) is 8.56. The van der Waals surface area contributed by atoms with E-state index in [-0.39, 0.29) is 43.9 Å². The number of carbonyl (C=O) groups is 5. The summed E-state index contributed by atoms with van der Waals surface area (Å²) < 4.78 is 0. The summed E-state index contributed by atoms with van der Waals surface area (Å²) in [6.45, 7) is 1.67. The fraction of sp³-hybridized carbons (Fsp3) is 0.500. The zero-order valence-corrected chi connectivity index (χ0v) is 21.8. The van der Waals surface area contributed by atoms with Crippen LogP contribution in [0.2, 0.25) is 0 Å². The second-order valence-corrected chi connectivity index (χ2v) is 11.6. The first kappa shape index (κ1) is 25.7. The molecule has 2 N–H and O–H groups in total. The van der Waals surface area contributed by atoms with E-state index in [2.05, 4.69) is 0 Å². The molecular weight excluding hydrogens is 523 g/mol. The van der Waals surface area contributed by atoms with Gasteiger partial charge in [0.05, 0.1) is 11.8 Å². The van der Waals surface area contributed by atoms with Crippen molar-refractivity contribution in [3.05, 3.63) is 41.0 Å². The van der Waals surface area contributed by atoms with E-state index in [0.29, 0.717) is 16.7 Å². The monoisotopic (exact) mass is 548 g/mol. The molecule has 11 heteroatoms. The summed E-state index contributed by atoms with van der Waals surface area (Å²) in [6, 6.07) is 5.02. The van der Waals surface area contributed by atoms with Gasteiger partial charge < -0.3 is 10.2 Å². The molecule has 0 radical (unpaired) electrons. The molecule has 9 nitrogen and oxygen atoms in total. The van der Waals surface area contributed by atoms with Gasteiger partial charge in [-0.05, 0) is 37.7 Å². The van der Waals surface area contributed by atoms with E-state index in [1.165, 1.54) is 7.05 Å². The third-order valence-corrected chi connectivity index (χ3v) is 9.87. The number of para-hydroxylation sites is 1. The summed E-state index contributed by atoms with van der Waals surface area (Å²) in [4.78, 5) is 62.7. The summed E-state index contributed by atoms with van der Waals surface area (Å²) in [7, 11) is 1.31. The summed E-state index contributed by atoms with van der Waals surface area (Å²) in [6.07, 6.45) is 1.81. The van der Waals surface area contributed by atoms with Crippen molar-refractivity contribution in [2.24, 2.45) is 17.8 Å². The zero-order valence-electron chi connectivity index (χ0n) is 20.2. The molecule has 1 saturated carbocycles. The van der Waals surface area contributed by atoms with Crippen LogP contribution in [0.25, 0.3) is 0 Å². The highest BCUT2D eigenvalue weighted by Gasteiger charge is 2.76. The number of fused-ring (bicyclic) bond motifs is 4. The zero-order chi connectivity index (χ0) is 27.0. The van der Waals surface area contributed by atoms with E-state index in [1.807, 2.05) is 0 Å². The van der Waals surface area contributed by atoms with Gasteiger partial charge in [0.25, 0.3) is 11.8 Å². The molecule has 5 rings (SSSR count). The quantitative estimate of drug-likeness (QED) is 0.328. The van der Waals surface area contributed by atoms with Crippen LogP contribution in [0.1, 0.15) is 42.7 Å². The largest absolute Gasteiger partial charge is 0.507 e. The normalized spacial score (nSPS) is 34.9. The van der Waals surface area contributed by atoms with Gasteiger partial charge in [-0.15, -0.1) is 23.2 Å². The number of carboxylic acid groups (broad SMARTS) is 1. The highest BCUT2D eigenvalue weighted by molar-refractivity contribution is 6.53. The minimum absolute atomic E-state index is 0.0211. The van der Waals surface area contributed by atoms with Crippen LogP contribution in [0.3, 0.4) is 0 Å². The molecule has 2 heterocycles. The van der Waals surface area contributed by atoms with Gasteiger partial charge in [-0.1, -0.05) is 29.8 Å². The third-order valence-electron chi connectivity index (χ3n) is 8.46. The fourth-order valence-corrected chi connectivity index (χ4v) is 7.69. The van der Waals surface area contributed by atoms with Gasteiger partial charge in [0.1, 0.15) is 5.75 Å². The number of halogens is 2. The lowest BCUT2D eigenvalue weighted by molar-refractivity contribution is -0.142. The van der Waals surface area contributed by atoms with Crippen molar-refractivity contribution in [2.45, 2.75) is 48.3 Å².